The molecule has 4 rings (SSSR count). The molecular formula is C34H44O4. The Morgan fingerprint density at radius 1 is 0.842 bits per heavy atom. The molecule has 4 heteroatoms. The van der Waals surface area contributed by atoms with E-state index in [-0.39, 0.29) is 0 Å². The summed E-state index contributed by atoms with van der Waals surface area (Å²) in [6.07, 6.45) is 6.19. The molecular weight excluding hydrogens is 472 g/mol. The lowest BCUT2D eigenvalue weighted by atomic mass is 9.90. The first-order chi connectivity index (χ1) is 18.5. The van der Waals surface area contributed by atoms with Crippen LogP contribution in [-0.2, 0) is 41.9 Å². The zero-order valence-corrected chi connectivity index (χ0v) is 23.8. The highest BCUT2D eigenvalue weighted by Gasteiger charge is 2.24. The van der Waals surface area contributed by atoms with Gasteiger partial charge in [-0.25, -0.2) is 0 Å². The van der Waals surface area contributed by atoms with Crippen molar-refractivity contribution in [2.45, 2.75) is 78.4 Å². The SMILES string of the molecule is CCc1cc(-c2cc(COC)c(CCOc3ccc(C(C)CC)cc3)c(COC)c2)cc(CC2CC2)c1O. The molecule has 0 heterocycles. The molecule has 1 saturated carbocycles. The molecule has 1 N–H and O–H groups in total. The molecule has 0 bridgehead atoms. The molecule has 3 aromatic rings. The van der Waals surface area contributed by atoms with Crippen molar-refractivity contribution in [1.29, 1.82) is 0 Å². The second kappa shape index (κ2) is 13.3. The average molecular weight is 517 g/mol. The lowest BCUT2D eigenvalue weighted by molar-refractivity contribution is 0.178. The molecule has 0 radical (unpaired) electrons. The van der Waals surface area contributed by atoms with E-state index < -0.39 is 0 Å². The summed E-state index contributed by atoms with van der Waals surface area (Å²) >= 11 is 0. The Labute approximate surface area is 229 Å². The summed E-state index contributed by atoms with van der Waals surface area (Å²) in [6, 6.07) is 17.3. The van der Waals surface area contributed by atoms with Crippen molar-refractivity contribution < 1.29 is 19.3 Å². The van der Waals surface area contributed by atoms with Gasteiger partial charge in [-0.05, 0) is 125 Å². The minimum Gasteiger partial charge on any atom is -0.507 e. The van der Waals surface area contributed by atoms with Crippen molar-refractivity contribution in [3.8, 4) is 22.6 Å². The summed E-state index contributed by atoms with van der Waals surface area (Å²) in [7, 11) is 3.48. The molecule has 1 aliphatic rings. The molecule has 0 aromatic heterocycles. The van der Waals surface area contributed by atoms with Crippen LogP contribution in [0.15, 0.2) is 48.5 Å². The largest absolute Gasteiger partial charge is 0.507 e. The highest BCUT2D eigenvalue weighted by Crippen LogP contribution is 2.39. The molecule has 204 valence electrons. The first-order valence-corrected chi connectivity index (χ1v) is 14.2. The zero-order valence-electron chi connectivity index (χ0n) is 23.8. The van der Waals surface area contributed by atoms with Crippen LogP contribution in [0, 0.1) is 5.92 Å². The lowest BCUT2D eigenvalue weighted by Gasteiger charge is -2.19. The minimum atomic E-state index is 0.475. The van der Waals surface area contributed by atoms with Gasteiger partial charge in [-0.15, -0.1) is 0 Å². The van der Waals surface area contributed by atoms with Gasteiger partial charge in [0.2, 0.25) is 0 Å². The van der Waals surface area contributed by atoms with E-state index in [1.165, 1.54) is 24.0 Å². The summed E-state index contributed by atoms with van der Waals surface area (Å²) < 4.78 is 17.4. The fourth-order valence-corrected chi connectivity index (χ4v) is 5.24. The van der Waals surface area contributed by atoms with Gasteiger partial charge < -0.3 is 19.3 Å². The molecule has 0 aliphatic heterocycles. The van der Waals surface area contributed by atoms with E-state index >= 15 is 0 Å². The molecule has 4 nitrogen and oxygen atoms in total. The number of methoxy groups -OCH3 is 2. The number of hydrogen-bond acceptors (Lipinski definition) is 4. The van der Waals surface area contributed by atoms with Crippen molar-refractivity contribution in [2.75, 3.05) is 20.8 Å². The number of hydrogen-bond donors (Lipinski definition) is 1. The fraction of sp³-hybridized carbons (Fsp3) is 0.471. The molecule has 1 unspecified atom stereocenters. The number of rotatable bonds is 14. The van der Waals surface area contributed by atoms with Gasteiger partial charge >= 0.3 is 0 Å². The van der Waals surface area contributed by atoms with Crippen LogP contribution < -0.4 is 4.74 Å². The second-order valence-corrected chi connectivity index (χ2v) is 10.8. The highest BCUT2D eigenvalue weighted by atomic mass is 16.5. The normalized spacial score (nSPS) is 14.0. The molecule has 0 saturated heterocycles. The lowest BCUT2D eigenvalue weighted by Crippen LogP contribution is -2.09. The third-order valence-corrected chi connectivity index (χ3v) is 7.90. The zero-order chi connectivity index (χ0) is 27.1. The topological polar surface area (TPSA) is 47.9 Å². The number of benzene rings is 3. The quantitative estimate of drug-likeness (QED) is 0.236. The van der Waals surface area contributed by atoms with Crippen molar-refractivity contribution in [3.05, 3.63) is 81.9 Å². The predicted molar refractivity (Wildman–Crippen MR) is 155 cm³/mol. The van der Waals surface area contributed by atoms with Crippen LogP contribution in [0.25, 0.3) is 11.1 Å². The third-order valence-electron chi connectivity index (χ3n) is 7.90. The summed E-state index contributed by atoms with van der Waals surface area (Å²) in [4.78, 5) is 0. The molecule has 3 aromatic carbocycles. The van der Waals surface area contributed by atoms with E-state index in [0.717, 1.165) is 64.8 Å². The highest BCUT2D eigenvalue weighted by molar-refractivity contribution is 5.70. The fourth-order valence-electron chi connectivity index (χ4n) is 5.24. The predicted octanol–water partition coefficient (Wildman–Crippen LogP) is 8.00. The second-order valence-electron chi connectivity index (χ2n) is 10.8. The Bertz CT molecular complexity index is 1170. The maximum atomic E-state index is 10.9. The van der Waals surface area contributed by atoms with Crippen LogP contribution >= 0.6 is 0 Å². The maximum Gasteiger partial charge on any atom is 0.121 e. The van der Waals surface area contributed by atoms with Gasteiger partial charge in [0.1, 0.15) is 11.5 Å². The molecule has 0 spiro atoms. The van der Waals surface area contributed by atoms with Gasteiger partial charge in [-0.2, -0.15) is 0 Å². The monoisotopic (exact) mass is 516 g/mol. The van der Waals surface area contributed by atoms with Crippen LogP contribution in [0.4, 0.5) is 0 Å². The number of ether oxygens (including phenoxy) is 3. The molecule has 1 fully saturated rings. The van der Waals surface area contributed by atoms with Crippen molar-refractivity contribution in [3.63, 3.8) is 0 Å². The van der Waals surface area contributed by atoms with Crippen LogP contribution in [-0.4, -0.2) is 25.9 Å². The van der Waals surface area contributed by atoms with Crippen LogP contribution in [0.3, 0.4) is 0 Å². The Hall–Kier alpha value is -2.82. The van der Waals surface area contributed by atoms with Crippen molar-refractivity contribution >= 4 is 0 Å². The first-order valence-electron chi connectivity index (χ1n) is 14.2. The van der Waals surface area contributed by atoms with E-state index in [4.69, 9.17) is 14.2 Å². The van der Waals surface area contributed by atoms with E-state index in [1.54, 1.807) is 14.2 Å². The van der Waals surface area contributed by atoms with Crippen molar-refractivity contribution in [1.82, 2.24) is 0 Å². The van der Waals surface area contributed by atoms with Crippen LogP contribution in [0.1, 0.15) is 79.3 Å². The van der Waals surface area contributed by atoms with Gasteiger partial charge in [0.05, 0.1) is 19.8 Å². The summed E-state index contributed by atoms with van der Waals surface area (Å²) in [5.74, 6) is 2.64. The Balaban J connectivity index is 1.60. The summed E-state index contributed by atoms with van der Waals surface area (Å²) in [5.41, 5.74) is 9.25. The summed E-state index contributed by atoms with van der Waals surface area (Å²) in [5, 5.41) is 10.9. The van der Waals surface area contributed by atoms with E-state index in [0.29, 0.717) is 37.4 Å². The van der Waals surface area contributed by atoms with Crippen LogP contribution in [0.2, 0.25) is 0 Å². The molecule has 38 heavy (non-hydrogen) atoms. The number of aromatic hydroxyl groups is 1. The molecule has 0 amide bonds. The van der Waals surface area contributed by atoms with E-state index in [2.05, 4.69) is 69.3 Å². The number of phenolic OH excluding ortho intramolecular Hbond substituents is 1. The Kier molecular flexibility index (Phi) is 9.87. The van der Waals surface area contributed by atoms with E-state index in [1.807, 2.05) is 0 Å². The van der Waals surface area contributed by atoms with Gasteiger partial charge in [-0.1, -0.05) is 32.9 Å². The number of phenols is 1. The molecule has 1 atom stereocenters. The van der Waals surface area contributed by atoms with Gasteiger partial charge in [-0.3, -0.25) is 0 Å². The average Bonchev–Trinajstić information content (AvgIpc) is 3.75. The van der Waals surface area contributed by atoms with Gasteiger partial charge in [0.15, 0.2) is 0 Å². The Morgan fingerprint density at radius 2 is 1.42 bits per heavy atom. The Morgan fingerprint density at radius 3 is 1.95 bits per heavy atom. The van der Waals surface area contributed by atoms with Crippen molar-refractivity contribution in [2.24, 2.45) is 5.92 Å². The first kappa shape index (κ1) is 28.2. The van der Waals surface area contributed by atoms with Crippen LogP contribution in [0.5, 0.6) is 11.5 Å². The summed E-state index contributed by atoms with van der Waals surface area (Å²) in [6.45, 7) is 8.21. The maximum absolute atomic E-state index is 10.9. The van der Waals surface area contributed by atoms with Gasteiger partial charge in [0.25, 0.3) is 0 Å². The smallest absolute Gasteiger partial charge is 0.121 e. The van der Waals surface area contributed by atoms with Gasteiger partial charge in [0, 0.05) is 20.6 Å². The number of aryl methyl sites for hydroxylation is 1. The van der Waals surface area contributed by atoms with E-state index in [9.17, 15) is 5.11 Å². The third kappa shape index (κ3) is 6.98. The standard InChI is InChI=1S/C34H44O4/c1-6-23(3)26-10-12-32(13-11-26)38-15-14-33-30(21-36-4)19-28(20-31(33)22-37-5)27-17-25(7-2)34(35)29(18-27)16-24-8-9-24/h10-13,17-20,23-24,35H,6-9,14-16,21-22H2,1-5H3. The minimum absolute atomic E-state index is 0.475. The molecule has 1 aliphatic carbocycles.